The minimum Gasteiger partial charge on any atom is -0.389 e. The summed E-state index contributed by atoms with van der Waals surface area (Å²) in [5, 5.41) is 10.3. The Kier molecular flexibility index (Phi) is 7.45. The van der Waals surface area contributed by atoms with Gasteiger partial charge >= 0.3 is 0 Å². The molecule has 4 aliphatic rings. The summed E-state index contributed by atoms with van der Waals surface area (Å²) in [4.78, 5) is 19.5. The first-order chi connectivity index (χ1) is 14.1. The Labute approximate surface area is 175 Å². The quantitative estimate of drug-likeness (QED) is 0.746. The number of nitrogens with zero attached hydrogens (tertiary/aromatic N) is 3. The number of likely N-dealkylation sites (N-methyl/N-ethyl adjacent to an activating group) is 1. The number of carbonyl (C=O) groups excluding carboxylic acids is 1. The van der Waals surface area contributed by atoms with Gasteiger partial charge in [0.25, 0.3) is 0 Å². The van der Waals surface area contributed by atoms with Crippen molar-refractivity contribution in [2.45, 2.75) is 69.3 Å². The van der Waals surface area contributed by atoms with Gasteiger partial charge in [0.2, 0.25) is 5.91 Å². The molecular formula is C22H39N3O4. The number of hydrogen-bond donors (Lipinski definition) is 1. The number of rotatable bonds is 4. The van der Waals surface area contributed by atoms with Gasteiger partial charge in [0.05, 0.1) is 37.9 Å². The highest BCUT2D eigenvalue weighted by atomic mass is 16.5. The molecule has 1 amide bonds. The number of aliphatic hydroxyl groups excluding tert-OH is 1. The van der Waals surface area contributed by atoms with Crippen molar-refractivity contribution in [1.29, 1.82) is 0 Å². The van der Waals surface area contributed by atoms with Gasteiger partial charge in [0.15, 0.2) is 0 Å². The van der Waals surface area contributed by atoms with Gasteiger partial charge < -0.3 is 24.4 Å². The summed E-state index contributed by atoms with van der Waals surface area (Å²) >= 11 is 0. The lowest BCUT2D eigenvalue weighted by Gasteiger charge is -2.45. The van der Waals surface area contributed by atoms with Crippen LogP contribution in [0.15, 0.2) is 0 Å². The Balaban J connectivity index is 1.33. The third-order valence-electron chi connectivity index (χ3n) is 7.31. The standard InChI is InChI=1S/C22H39N3O4/c1-23-8-10-24(11-9-23)22(27)12-19-6-7-20-21(29-19)16-28-15-18(26)14-25(20)13-17-4-2-3-5-17/h17-21,26H,2-16H2,1H3/t18-,19-,20+,21-/m1/s1. The molecule has 0 bridgehead atoms. The van der Waals surface area contributed by atoms with Gasteiger partial charge in [-0.2, -0.15) is 0 Å². The van der Waals surface area contributed by atoms with Crippen LogP contribution in [0.4, 0.5) is 0 Å². The van der Waals surface area contributed by atoms with Crippen molar-refractivity contribution in [2.75, 3.05) is 59.5 Å². The highest BCUT2D eigenvalue weighted by Gasteiger charge is 2.39. The van der Waals surface area contributed by atoms with Crippen molar-refractivity contribution < 1.29 is 19.4 Å². The summed E-state index contributed by atoms with van der Waals surface area (Å²) in [6, 6.07) is 0.292. The Hall–Kier alpha value is -0.730. The van der Waals surface area contributed by atoms with E-state index in [-0.39, 0.29) is 18.1 Å². The molecule has 1 saturated carbocycles. The van der Waals surface area contributed by atoms with E-state index in [2.05, 4.69) is 16.8 Å². The molecule has 7 nitrogen and oxygen atoms in total. The number of hydrogen-bond acceptors (Lipinski definition) is 6. The number of ether oxygens (including phenoxy) is 2. The highest BCUT2D eigenvalue weighted by molar-refractivity contribution is 5.76. The van der Waals surface area contributed by atoms with Crippen molar-refractivity contribution in [1.82, 2.24) is 14.7 Å². The third-order valence-corrected chi connectivity index (χ3v) is 7.31. The highest BCUT2D eigenvalue weighted by Crippen LogP contribution is 2.31. The van der Waals surface area contributed by atoms with Crippen LogP contribution in [0.2, 0.25) is 0 Å². The predicted octanol–water partition coefficient (Wildman–Crippen LogP) is 0.950. The Bertz CT molecular complexity index is 534. The summed E-state index contributed by atoms with van der Waals surface area (Å²) < 4.78 is 12.2. The molecule has 3 saturated heterocycles. The number of β-amino-alcohol motifs (C(OH)–C–C–N with tert-alkyl or cyclic N) is 1. The van der Waals surface area contributed by atoms with E-state index in [4.69, 9.17) is 9.47 Å². The van der Waals surface area contributed by atoms with E-state index in [1.54, 1.807) is 0 Å². The maximum atomic E-state index is 12.7. The minimum atomic E-state index is -0.422. The molecule has 1 N–H and O–H groups in total. The SMILES string of the molecule is CN1CCN(C(=O)C[C@H]2CC[C@H]3[C@@H](COC[C@H](O)CN3CC3CCCC3)O2)CC1. The van der Waals surface area contributed by atoms with Gasteiger partial charge in [0, 0.05) is 45.3 Å². The molecule has 1 aliphatic carbocycles. The molecule has 0 spiro atoms. The van der Waals surface area contributed by atoms with E-state index in [9.17, 15) is 9.90 Å². The first-order valence-electron chi connectivity index (χ1n) is 11.7. The van der Waals surface area contributed by atoms with Crippen LogP contribution >= 0.6 is 0 Å². The van der Waals surface area contributed by atoms with Gasteiger partial charge in [-0.3, -0.25) is 9.69 Å². The third kappa shape index (κ3) is 5.70. The van der Waals surface area contributed by atoms with Crippen LogP contribution in [0.5, 0.6) is 0 Å². The van der Waals surface area contributed by atoms with Crippen LogP contribution < -0.4 is 0 Å². The fraction of sp³-hybridized carbons (Fsp3) is 0.955. The van der Waals surface area contributed by atoms with Crippen LogP contribution in [-0.4, -0.2) is 110 Å². The molecule has 0 radical (unpaired) electrons. The van der Waals surface area contributed by atoms with E-state index in [0.717, 1.165) is 51.5 Å². The van der Waals surface area contributed by atoms with Crippen molar-refractivity contribution in [3.63, 3.8) is 0 Å². The molecular weight excluding hydrogens is 370 g/mol. The molecule has 3 aliphatic heterocycles. The maximum Gasteiger partial charge on any atom is 0.225 e. The molecule has 7 heteroatoms. The lowest BCUT2D eigenvalue weighted by molar-refractivity contribution is -0.161. The summed E-state index contributed by atoms with van der Waals surface area (Å²) in [6.07, 6.45) is 7.29. The largest absolute Gasteiger partial charge is 0.389 e. The van der Waals surface area contributed by atoms with Crippen LogP contribution in [0, 0.1) is 5.92 Å². The molecule has 0 aromatic carbocycles. The fourth-order valence-electron chi connectivity index (χ4n) is 5.56. The summed E-state index contributed by atoms with van der Waals surface area (Å²) in [5.74, 6) is 0.978. The molecule has 4 fully saturated rings. The van der Waals surface area contributed by atoms with Crippen LogP contribution in [0.3, 0.4) is 0 Å². The smallest absolute Gasteiger partial charge is 0.225 e. The normalized spacial score (nSPS) is 35.9. The molecule has 0 unspecified atom stereocenters. The van der Waals surface area contributed by atoms with Crippen molar-refractivity contribution in [2.24, 2.45) is 5.92 Å². The van der Waals surface area contributed by atoms with Crippen LogP contribution in [-0.2, 0) is 14.3 Å². The topological polar surface area (TPSA) is 65.5 Å². The van der Waals surface area contributed by atoms with E-state index < -0.39 is 6.10 Å². The Morgan fingerprint density at radius 1 is 1.03 bits per heavy atom. The lowest BCUT2D eigenvalue weighted by Crippen LogP contribution is -2.57. The zero-order valence-electron chi connectivity index (χ0n) is 18.0. The molecule has 29 heavy (non-hydrogen) atoms. The number of carbonyl (C=O) groups is 1. The second kappa shape index (κ2) is 10.1. The van der Waals surface area contributed by atoms with Gasteiger partial charge in [0.1, 0.15) is 0 Å². The number of amides is 1. The van der Waals surface area contributed by atoms with Crippen molar-refractivity contribution >= 4 is 5.91 Å². The summed E-state index contributed by atoms with van der Waals surface area (Å²) in [5.41, 5.74) is 0. The van der Waals surface area contributed by atoms with Gasteiger partial charge in [-0.1, -0.05) is 12.8 Å². The molecule has 3 heterocycles. The average Bonchev–Trinajstić information content (AvgIpc) is 3.20. The molecule has 4 atom stereocenters. The number of fused-ring (bicyclic) bond motifs is 1. The summed E-state index contributed by atoms with van der Waals surface area (Å²) in [6.45, 7) is 6.18. The second-order valence-corrected chi connectivity index (χ2v) is 9.63. The Morgan fingerprint density at radius 3 is 2.55 bits per heavy atom. The summed E-state index contributed by atoms with van der Waals surface area (Å²) in [7, 11) is 2.11. The van der Waals surface area contributed by atoms with E-state index >= 15 is 0 Å². The zero-order chi connectivity index (χ0) is 20.2. The average molecular weight is 410 g/mol. The maximum absolute atomic E-state index is 12.7. The van der Waals surface area contributed by atoms with Crippen molar-refractivity contribution in [3.8, 4) is 0 Å². The first-order valence-corrected chi connectivity index (χ1v) is 11.7. The minimum absolute atomic E-state index is 0.00272. The molecule has 4 rings (SSSR count). The molecule has 166 valence electrons. The van der Waals surface area contributed by atoms with E-state index in [1.165, 1.54) is 25.7 Å². The fourth-order valence-corrected chi connectivity index (χ4v) is 5.56. The molecule has 0 aromatic heterocycles. The monoisotopic (exact) mass is 409 g/mol. The predicted molar refractivity (Wildman–Crippen MR) is 111 cm³/mol. The zero-order valence-corrected chi connectivity index (χ0v) is 18.0. The van der Waals surface area contributed by atoms with Crippen LogP contribution in [0.1, 0.15) is 44.9 Å². The van der Waals surface area contributed by atoms with E-state index in [0.29, 0.717) is 32.2 Å². The Morgan fingerprint density at radius 2 is 1.79 bits per heavy atom. The van der Waals surface area contributed by atoms with Gasteiger partial charge in [-0.15, -0.1) is 0 Å². The van der Waals surface area contributed by atoms with Gasteiger partial charge in [-0.05, 0) is 38.6 Å². The lowest BCUT2D eigenvalue weighted by atomic mass is 9.93. The number of piperazine rings is 1. The van der Waals surface area contributed by atoms with E-state index in [1.807, 2.05) is 4.90 Å². The number of aliphatic hydroxyl groups is 1. The van der Waals surface area contributed by atoms with Gasteiger partial charge in [-0.25, -0.2) is 0 Å². The van der Waals surface area contributed by atoms with Crippen LogP contribution in [0.25, 0.3) is 0 Å². The second-order valence-electron chi connectivity index (χ2n) is 9.63. The first kappa shape index (κ1) is 21.5. The van der Waals surface area contributed by atoms with Crippen molar-refractivity contribution in [3.05, 3.63) is 0 Å². The molecule has 0 aromatic rings.